The number of benzene rings is 1. The van der Waals surface area contributed by atoms with Crippen LogP contribution in [0.1, 0.15) is 28.9 Å². The van der Waals surface area contributed by atoms with Gasteiger partial charge in [0.15, 0.2) is 0 Å². The van der Waals surface area contributed by atoms with Crippen LogP contribution in [0.5, 0.6) is 0 Å². The lowest BCUT2D eigenvalue weighted by Gasteiger charge is -2.30. The second-order valence-corrected chi connectivity index (χ2v) is 9.57. The van der Waals surface area contributed by atoms with Crippen molar-refractivity contribution in [3.05, 3.63) is 45.4 Å². The van der Waals surface area contributed by atoms with E-state index in [2.05, 4.69) is 20.4 Å². The van der Waals surface area contributed by atoms with E-state index in [-0.39, 0.29) is 5.91 Å². The Morgan fingerprint density at radius 3 is 2.84 bits per heavy atom. The van der Waals surface area contributed by atoms with Crippen molar-refractivity contribution >= 4 is 40.3 Å². The molecule has 0 saturated carbocycles. The molecule has 32 heavy (non-hydrogen) atoms. The number of carbonyl (C=O) groups is 1. The van der Waals surface area contributed by atoms with Crippen molar-refractivity contribution in [3.8, 4) is 0 Å². The van der Waals surface area contributed by atoms with Gasteiger partial charge in [0.2, 0.25) is 11.9 Å². The number of thiazole rings is 1. The van der Waals surface area contributed by atoms with Crippen molar-refractivity contribution in [3.63, 3.8) is 0 Å². The zero-order valence-electron chi connectivity index (χ0n) is 18.5. The highest BCUT2D eigenvalue weighted by Gasteiger charge is 2.29. The predicted molar refractivity (Wildman–Crippen MR) is 128 cm³/mol. The molecule has 0 atom stereocenters. The number of aromatic nitrogens is 1. The van der Waals surface area contributed by atoms with E-state index in [0.29, 0.717) is 0 Å². The molecule has 0 radical (unpaired) electrons. The van der Waals surface area contributed by atoms with Gasteiger partial charge >= 0.3 is 0 Å². The van der Waals surface area contributed by atoms with Crippen LogP contribution in [0.3, 0.4) is 0 Å². The Kier molecular flexibility index (Phi) is 5.95. The van der Waals surface area contributed by atoms with Crippen LogP contribution < -0.4 is 10.6 Å². The van der Waals surface area contributed by atoms with Crippen molar-refractivity contribution in [1.29, 1.82) is 0 Å². The largest absolute Gasteiger partial charge is 0.379 e. The number of nitrogens with zero attached hydrogens (tertiary/aromatic N) is 4. The fraction of sp³-hybridized carbons (Fsp3) is 0.435. The van der Waals surface area contributed by atoms with Crippen molar-refractivity contribution in [2.24, 2.45) is 4.99 Å². The normalized spacial score (nSPS) is 18.7. The summed E-state index contributed by atoms with van der Waals surface area (Å²) >= 11 is 1.83. The topological polar surface area (TPSA) is 82.1 Å². The predicted octanol–water partition coefficient (Wildman–Crippen LogP) is 3.00. The third-order valence-electron chi connectivity index (χ3n) is 5.86. The summed E-state index contributed by atoms with van der Waals surface area (Å²) in [6.07, 6.45) is 2.07. The first-order valence-electron chi connectivity index (χ1n) is 11.0. The van der Waals surface area contributed by atoms with Crippen molar-refractivity contribution in [2.45, 2.75) is 26.3 Å². The van der Waals surface area contributed by atoms with Gasteiger partial charge in [-0.05, 0) is 36.6 Å². The molecule has 2 aliphatic heterocycles. The van der Waals surface area contributed by atoms with Gasteiger partial charge in [0.25, 0.3) is 0 Å². The van der Waals surface area contributed by atoms with E-state index in [4.69, 9.17) is 14.7 Å². The minimum Gasteiger partial charge on any atom is -0.379 e. The van der Waals surface area contributed by atoms with Crippen LogP contribution in [-0.4, -0.2) is 66.5 Å². The average Bonchev–Trinajstić information content (AvgIpc) is 3.18. The number of guanidine groups is 1. The van der Waals surface area contributed by atoms with E-state index >= 15 is 0 Å². The number of anilines is 2. The Morgan fingerprint density at radius 1 is 1.22 bits per heavy atom. The number of nitrogens with one attached hydrogen (secondary N) is 2. The molecule has 9 heteroatoms. The van der Waals surface area contributed by atoms with Crippen LogP contribution in [0.15, 0.2) is 34.8 Å². The van der Waals surface area contributed by atoms with Crippen molar-refractivity contribution < 1.29 is 9.53 Å². The number of amides is 1. The molecule has 1 saturated heterocycles. The minimum absolute atomic E-state index is 0.0878. The molecular formula is C23H28N6O2S. The Bertz CT molecular complexity index is 1090. The van der Waals surface area contributed by atoms with Gasteiger partial charge in [-0.25, -0.2) is 9.98 Å². The zero-order valence-corrected chi connectivity index (χ0v) is 19.3. The molecule has 1 fully saturated rings. The van der Waals surface area contributed by atoms with Gasteiger partial charge in [-0.3, -0.25) is 9.69 Å². The highest BCUT2D eigenvalue weighted by atomic mass is 32.1. The second kappa shape index (κ2) is 9.01. The van der Waals surface area contributed by atoms with Crippen LogP contribution in [0.25, 0.3) is 5.70 Å². The highest BCUT2D eigenvalue weighted by Crippen LogP contribution is 2.38. The second-order valence-electron chi connectivity index (χ2n) is 8.40. The number of likely N-dealkylation sites (N-methyl/N-ethyl adjacent to an activating group) is 1. The van der Waals surface area contributed by atoms with Crippen LogP contribution in [-0.2, 0) is 22.5 Å². The van der Waals surface area contributed by atoms with Gasteiger partial charge in [0.05, 0.1) is 25.5 Å². The molecule has 5 rings (SSSR count). The van der Waals surface area contributed by atoms with Crippen LogP contribution >= 0.6 is 11.3 Å². The Balaban J connectivity index is 1.38. The van der Waals surface area contributed by atoms with Gasteiger partial charge < -0.3 is 20.3 Å². The molecule has 1 aromatic heterocycles. The summed E-state index contributed by atoms with van der Waals surface area (Å²) in [7, 11) is 2.05. The number of rotatable bonds is 4. The van der Waals surface area contributed by atoms with Gasteiger partial charge in [0.1, 0.15) is 10.7 Å². The summed E-state index contributed by atoms with van der Waals surface area (Å²) < 4.78 is 5.47. The number of hydrogen-bond donors (Lipinski definition) is 2. The first kappa shape index (κ1) is 21.1. The number of fused-ring (bicyclic) bond motifs is 2. The quantitative estimate of drug-likeness (QED) is 0.742. The summed E-state index contributed by atoms with van der Waals surface area (Å²) in [5, 5.41) is 7.41. The maximum atomic E-state index is 11.4. The lowest BCUT2D eigenvalue weighted by atomic mass is 9.97. The number of hydrogen-bond acceptors (Lipinski definition) is 8. The lowest BCUT2D eigenvalue weighted by Crippen LogP contribution is -2.38. The van der Waals surface area contributed by atoms with Gasteiger partial charge in [0, 0.05) is 49.9 Å². The summed E-state index contributed by atoms with van der Waals surface area (Å²) in [5.74, 6) is 0.703. The highest BCUT2D eigenvalue weighted by molar-refractivity contribution is 7.11. The van der Waals surface area contributed by atoms with Crippen molar-refractivity contribution in [2.75, 3.05) is 50.5 Å². The molecule has 0 unspecified atom stereocenters. The number of morpholine rings is 1. The molecule has 3 aliphatic rings. The fourth-order valence-corrected chi connectivity index (χ4v) is 5.40. The van der Waals surface area contributed by atoms with E-state index in [1.807, 2.05) is 42.6 Å². The molecule has 1 aromatic carbocycles. The third kappa shape index (κ3) is 4.55. The summed E-state index contributed by atoms with van der Waals surface area (Å²) in [6, 6.07) is 7.68. The molecule has 2 aromatic rings. The van der Waals surface area contributed by atoms with Crippen LogP contribution in [0, 0.1) is 0 Å². The van der Waals surface area contributed by atoms with E-state index in [0.717, 1.165) is 86.0 Å². The molecule has 0 bridgehead atoms. The van der Waals surface area contributed by atoms with Gasteiger partial charge in [-0.1, -0.05) is 6.07 Å². The van der Waals surface area contributed by atoms with E-state index in [1.165, 1.54) is 17.4 Å². The monoisotopic (exact) mass is 452 g/mol. The van der Waals surface area contributed by atoms with E-state index in [9.17, 15) is 4.79 Å². The standard InChI is InChI=1S/C23H28N6O2S/c1-15(30)24-17-4-3-5-18(12-17)25-23-27-21-16(13-28(23)2)6-7-19-22(21)26-20(32-19)14-29-8-10-31-11-9-29/h3-5,12H,6-11,13-14H2,1-2H3,(H,24,30)(H,25,27). The molecule has 2 N–H and O–H groups in total. The van der Waals surface area contributed by atoms with Crippen LogP contribution in [0.4, 0.5) is 11.4 Å². The van der Waals surface area contributed by atoms with Gasteiger partial charge in [-0.15, -0.1) is 11.3 Å². The molecular weight excluding hydrogens is 424 g/mol. The third-order valence-corrected chi connectivity index (χ3v) is 6.96. The van der Waals surface area contributed by atoms with E-state index < -0.39 is 0 Å². The molecule has 0 spiro atoms. The smallest absolute Gasteiger partial charge is 0.221 e. The Hall–Kier alpha value is -2.75. The SMILES string of the molecule is CC(=O)Nc1cccc(NC2=NC3=C(CCc4sc(CN5CCOCC5)nc43)CN2C)c1. The Labute approximate surface area is 192 Å². The van der Waals surface area contributed by atoms with E-state index in [1.54, 1.807) is 0 Å². The first-order chi connectivity index (χ1) is 15.5. The number of ether oxygens (including phenoxy) is 1. The summed E-state index contributed by atoms with van der Waals surface area (Å²) in [6.45, 7) is 6.76. The number of aliphatic imine (C=N–C) groups is 1. The molecule has 1 aliphatic carbocycles. The number of carbonyl (C=O) groups excluding carboxylic acids is 1. The fourth-order valence-electron chi connectivity index (χ4n) is 4.29. The van der Waals surface area contributed by atoms with Crippen molar-refractivity contribution in [1.82, 2.24) is 14.8 Å². The lowest BCUT2D eigenvalue weighted by molar-refractivity contribution is -0.114. The zero-order chi connectivity index (χ0) is 22.1. The minimum atomic E-state index is -0.0878. The number of aryl methyl sites for hydroxylation is 1. The van der Waals surface area contributed by atoms with Gasteiger partial charge in [-0.2, -0.15) is 0 Å². The molecule has 1 amide bonds. The maximum Gasteiger partial charge on any atom is 0.221 e. The summed E-state index contributed by atoms with van der Waals surface area (Å²) in [4.78, 5) is 27.3. The maximum absolute atomic E-state index is 11.4. The Morgan fingerprint density at radius 2 is 2.03 bits per heavy atom. The van der Waals surface area contributed by atoms with Crippen LogP contribution in [0.2, 0.25) is 0 Å². The summed E-state index contributed by atoms with van der Waals surface area (Å²) in [5.41, 5.74) is 5.07. The molecule has 8 nitrogen and oxygen atoms in total. The first-order valence-corrected chi connectivity index (χ1v) is 11.8. The molecule has 3 heterocycles. The molecule has 168 valence electrons. The average molecular weight is 453 g/mol.